The van der Waals surface area contributed by atoms with Crippen LogP contribution in [0, 0.1) is 6.42 Å². The molecule has 0 saturated carbocycles. The number of benzene rings is 1. The van der Waals surface area contributed by atoms with E-state index in [0.29, 0.717) is 5.92 Å². The zero-order valence-electron chi connectivity index (χ0n) is 10.7. The molecule has 2 aliphatic carbocycles. The molecule has 0 nitrogen and oxygen atoms in total. The zero-order valence-corrected chi connectivity index (χ0v) is 14.3. The van der Waals surface area contributed by atoms with Crippen molar-refractivity contribution < 1.29 is 25.8 Å². The Morgan fingerprint density at radius 2 is 2.06 bits per heavy atom. The fraction of sp³-hybridized carbons (Fsp3) is 0.235. The van der Waals surface area contributed by atoms with Crippen molar-refractivity contribution in [2.75, 3.05) is 0 Å². The van der Waals surface area contributed by atoms with Crippen LogP contribution in [0.2, 0.25) is 0 Å². The van der Waals surface area contributed by atoms with Gasteiger partial charge in [-0.3, -0.25) is 0 Å². The van der Waals surface area contributed by atoms with E-state index in [2.05, 4.69) is 61.9 Å². The Hall–Kier alpha value is -0.690. The molecule has 0 bridgehead atoms. The summed E-state index contributed by atoms with van der Waals surface area (Å²) in [4.78, 5) is 0. The molecule has 0 amide bonds. The van der Waals surface area contributed by atoms with Gasteiger partial charge in [0.1, 0.15) is 0 Å². The first-order valence-corrected chi connectivity index (χ1v) is 6.33. The Morgan fingerprint density at radius 1 is 1.22 bits per heavy atom. The first-order valence-electron chi connectivity index (χ1n) is 6.33. The van der Waals surface area contributed by atoms with Crippen molar-refractivity contribution in [2.24, 2.45) is 0 Å². The topological polar surface area (TPSA) is 0 Å². The molecule has 0 heterocycles. The molecule has 1 aromatic rings. The molecule has 1 heteroatoms. The van der Waals surface area contributed by atoms with E-state index in [1.165, 1.54) is 16.7 Å². The van der Waals surface area contributed by atoms with Crippen LogP contribution < -0.4 is 0 Å². The van der Waals surface area contributed by atoms with Gasteiger partial charge in [0, 0.05) is 31.8 Å². The van der Waals surface area contributed by atoms with Crippen LogP contribution in [-0.2, 0) is 25.8 Å². The molecule has 0 radical (unpaired) electrons. The normalized spacial score (nSPS) is 20.2. The standard InChI is InChI=1S/C17H17.Hf/c1-2-6-13-8-5-10-16(13)17-12-11-14-7-3-4-9-15(14)17;/h2-5,7,9-12,17H,6,8H2,1H3;/q-1;. The van der Waals surface area contributed by atoms with Crippen molar-refractivity contribution in [1.82, 2.24) is 0 Å². The minimum atomic E-state index is 0. The van der Waals surface area contributed by atoms with Gasteiger partial charge in [-0.15, -0.1) is 0 Å². The summed E-state index contributed by atoms with van der Waals surface area (Å²) in [6.45, 7) is 2.14. The van der Waals surface area contributed by atoms with Crippen molar-refractivity contribution in [1.29, 1.82) is 0 Å². The van der Waals surface area contributed by atoms with Gasteiger partial charge < -0.3 is 6.42 Å². The average molecular weight is 400 g/mol. The van der Waals surface area contributed by atoms with Gasteiger partial charge in [-0.05, 0) is 23.1 Å². The number of hydrogen-bond acceptors (Lipinski definition) is 0. The largest absolute Gasteiger partial charge is 0.328 e. The minimum Gasteiger partial charge on any atom is -0.328 e. The molecule has 0 aromatic heterocycles. The molecule has 90 valence electrons. The molecule has 0 N–H and O–H groups in total. The Morgan fingerprint density at radius 3 is 2.89 bits per heavy atom. The summed E-state index contributed by atoms with van der Waals surface area (Å²) in [5.41, 5.74) is 5.94. The molecule has 0 fully saturated rings. The van der Waals surface area contributed by atoms with E-state index in [1.54, 1.807) is 5.57 Å². The summed E-state index contributed by atoms with van der Waals surface area (Å²) >= 11 is 0. The third kappa shape index (κ3) is 2.38. The van der Waals surface area contributed by atoms with Crippen LogP contribution in [-0.4, -0.2) is 0 Å². The van der Waals surface area contributed by atoms with Gasteiger partial charge in [-0.2, -0.15) is 13.3 Å². The summed E-state index contributed by atoms with van der Waals surface area (Å²) in [6, 6.07) is 8.72. The molecule has 1 unspecified atom stereocenters. The van der Waals surface area contributed by atoms with E-state index in [4.69, 9.17) is 0 Å². The molecule has 0 aliphatic heterocycles. The Kier molecular flexibility index (Phi) is 4.55. The molecule has 3 rings (SSSR count). The van der Waals surface area contributed by atoms with Crippen LogP contribution >= 0.6 is 0 Å². The maximum Gasteiger partial charge on any atom is 0.0277 e. The maximum absolute atomic E-state index is 2.34. The second kappa shape index (κ2) is 5.97. The van der Waals surface area contributed by atoms with Gasteiger partial charge in [-0.1, -0.05) is 54.1 Å². The summed E-state index contributed by atoms with van der Waals surface area (Å²) in [7, 11) is 0. The average Bonchev–Trinajstić information content (AvgIpc) is 2.95. The molecular formula is C17H17Hf-. The predicted octanol–water partition coefficient (Wildman–Crippen LogP) is 4.67. The fourth-order valence-electron chi connectivity index (χ4n) is 2.86. The van der Waals surface area contributed by atoms with Gasteiger partial charge in [0.25, 0.3) is 0 Å². The van der Waals surface area contributed by atoms with Crippen LogP contribution in [0.1, 0.15) is 36.8 Å². The van der Waals surface area contributed by atoms with Crippen LogP contribution in [0.25, 0.3) is 6.08 Å². The minimum absolute atomic E-state index is 0. The van der Waals surface area contributed by atoms with Gasteiger partial charge in [0.2, 0.25) is 0 Å². The van der Waals surface area contributed by atoms with Crippen LogP contribution in [0.3, 0.4) is 0 Å². The molecule has 0 saturated heterocycles. The second-order valence-electron chi connectivity index (χ2n) is 4.74. The SMILES string of the molecule is C[CH-]CC1=C(C2C=Cc3ccccc32)C=CC1.[Hf]. The first-order chi connectivity index (χ1) is 8.40. The maximum atomic E-state index is 2.34. The van der Waals surface area contributed by atoms with Crippen molar-refractivity contribution >= 4 is 6.08 Å². The van der Waals surface area contributed by atoms with E-state index >= 15 is 0 Å². The Bertz CT molecular complexity index is 520. The number of fused-ring (bicyclic) bond motifs is 1. The summed E-state index contributed by atoms with van der Waals surface area (Å²) in [5.74, 6) is 0.486. The smallest absolute Gasteiger partial charge is 0.0277 e. The quantitative estimate of drug-likeness (QED) is 0.512. The molecule has 0 spiro atoms. The van der Waals surface area contributed by atoms with E-state index in [-0.39, 0.29) is 25.8 Å². The zero-order chi connectivity index (χ0) is 11.7. The second-order valence-corrected chi connectivity index (χ2v) is 4.74. The van der Waals surface area contributed by atoms with Crippen LogP contribution in [0.4, 0.5) is 0 Å². The summed E-state index contributed by atoms with van der Waals surface area (Å²) in [6.07, 6.45) is 13.7. The van der Waals surface area contributed by atoms with E-state index < -0.39 is 0 Å². The molecule has 1 atom stereocenters. The monoisotopic (exact) mass is 401 g/mol. The molecule has 18 heavy (non-hydrogen) atoms. The van der Waals surface area contributed by atoms with Crippen molar-refractivity contribution in [3.63, 3.8) is 0 Å². The number of rotatable bonds is 3. The van der Waals surface area contributed by atoms with E-state index in [0.717, 1.165) is 12.8 Å². The first kappa shape index (κ1) is 13.7. The Balaban J connectivity index is 0.00000120. The van der Waals surface area contributed by atoms with E-state index in [1.807, 2.05) is 0 Å². The number of allylic oxidation sites excluding steroid dienone is 5. The van der Waals surface area contributed by atoms with Crippen molar-refractivity contribution in [3.8, 4) is 0 Å². The number of hydrogen-bond donors (Lipinski definition) is 0. The van der Waals surface area contributed by atoms with Gasteiger partial charge in [0.15, 0.2) is 0 Å². The van der Waals surface area contributed by atoms with Gasteiger partial charge in [0.05, 0.1) is 0 Å². The van der Waals surface area contributed by atoms with Crippen LogP contribution in [0.15, 0.2) is 53.6 Å². The molecular weight excluding hydrogens is 383 g/mol. The summed E-state index contributed by atoms with van der Waals surface area (Å²) in [5, 5.41) is 0. The third-order valence-electron chi connectivity index (χ3n) is 3.65. The van der Waals surface area contributed by atoms with Gasteiger partial charge in [-0.25, -0.2) is 0 Å². The van der Waals surface area contributed by atoms with Gasteiger partial charge >= 0.3 is 0 Å². The third-order valence-corrected chi connectivity index (χ3v) is 3.65. The van der Waals surface area contributed by atoms with E-state index in [9.17, 15) is 0 Å². The van der Waals surface area contributed by atoms with Crippen molar-refractivity contribution in [2.45, 2.75) is 25.7 Å². The van der Waals surface area contributed by atoms with Crippen LogP contribution in [0.5, 0.6) is 0 Å². The van der Waals surface area contributed by atoms with Crippen molar-refractivity contribution in [3.05, 3.63) is 71.2 Å². The summed E-state index contributed by atoms with van der Waals surface area (Å²) < 4.78 is 0. The molecule has 2 aliphatic rings. The molecule has 1 aromatic carbocycles. The predicted molar refractivity (Wildman–Crippen MR) is 73.6 cm³/mol. The Labute approximate surface area is 128 Å². The fourth-order valence-corrected chi connectivity index (χ4v) is 2.86.